The van der Waals surface area contributed by atoms with Crippen LogP contribution < -0.4 is 9.64 Å². The number of hydrogen-bond acceptors (Lipinski definition) is 6. The van der Waals surface area contributed by atoms with Gasteiger partial charge in [0.15, 0.2) is 0 Å². The Bertz CT molecular complexity index is 1150. The van der Waals surface area contributed by atoms with Crippen molar-refractivity contribution in [2.75, 3.05) is 12.0 Å². The maximum Gasteiger partial charge on any atom is 0.343 e. The number of benzene rings is 3. The first-order valence-corrected chi connectivity index (χ1v) is 8.98. The van der Waals surface area contributed by atoms with Crippen LogP contribution in [0.15, 0.2) is 72.8 Å². The van der Waals surface area contributed by atoms with E-state index in [0.717, 1.165) is 4.90 Å². The highest BCUT2D eigenvalue weighted by atomic mass is 16.5. The van der Waals surface area contributed by atoms with Crippen molar-refractivity contribution in [1.82, 2.24) is 0 Å². The summed E-state index contributed by atoms with van der Waals surface area (Å²) in [5.41, 5.74) is 1.41. The zero-order chi connectivity index (χ0) is 21.3. The van der Waals surface area contributed by atoms with Gasteiger partial charge in [-0.3, -0.25) is 9.59 Å². The lowest BCUT2D eigenvalue weighted by Crippen LogP contribution is -2.29. The predicted molar refractivity (Wildman–Crippen MR) is 107 cm³/mol. The summed E-state index contributed by atoms with van der Waals surface area (Å²) in [5.74, 6) is -1.82. The number of anilines is 1. The minimum Gasteiger partial charge on any atom is -0.465 e. The number of ether oxygens (including phenoxy) is 2. The van der Waals surface area contributed by atoms with E-state index in [2.05, 4.69) is 4.74 Å². The molecule has 1 heterocycles. The summed E-state index contributed by atoms with van der Waals surface area (Å²) < 4.78 is 9.95. The van der Waals surface area contributed by atoms with E-state index < -0.39 is 23.8 Å². The lowest BCUT2D eigenvalue weighted by atomic mass is 10.1. The molecular weight excluding hydrogens is 386 g/mol. The van der Waals surface area contributed by atoms with Crippen molar-refractivity contribution >= 4 is 29.4 Å². The molecule has 1 aliphatic rings. The van der Waals surface area contributed by atoms with Gasteiger partial charge in [-0.05, 0) is 54.6 Å². The molecule has 0 unspecified atom stereocenters. The second kappa shape index (κ2) is 7.63. The fourth-order valence-corrected chi connectivity index (χ4v) is 3.14. The van der Waals surface area contributed by atoms with E-state index in [1.54, 1.807) is 36.4 Å². The lowest BCUT2D eigenvalue weighted by molar-refractivity contribution is 0.0600. The number of hydrogen-bond donors (Lipinski definition) is 0. The first kappa shape index (κ1) is 19.1. The smallest absolute Gasteiger partial charge is 0.343 e. The Morgan fingerprint density at radius 3 is 1.97 bits per heavy atom. The summed E-state index contributed by atoms with van der Waals surface area (Å²) in [6.45, 7) is 0. The first-order valence-electron chi connectivity index (χ1n) is 8.98. The molecule has 0 aliphatic carbocycles. The van der Waals surface area contributed by atoms with Gasteiger partial charge in [-0.2, -0.15) is 0 Å². The molecule has 0 N–H and O–H groups in total. The van der Waals surface area contributed by atoms with Crippen LogP contribution in [0.1, 0.15) is 41.4 Å². The average molecular weight is 401 g/mol. The molecule has 0 spiro atoms. The van der Waals surface area contributed by atoms with Crippen molar-refractivity contribution in [2.24, 2.45) is 0 Å². The summed E-state index contributed by atoms with van der Waals surface area (Å²) in [6, 6.07) is 18.5. The first-order chi connectivity index (χ1) is 14.5. The van der Waals surface area contributed by atoms with Crippen LogP contribution in [-0.4, -0.2) is 30.9 Å². The van der Waals surface area contributed by atoms with E-state index in [1.807, 2.05) is 0 Å². The second-order valence-electron chi connectivity index (χ2n) is 6.45. The Morgan fingerprint density at radius 2 is 1.37 bits per heavy atom. The fraction of sp³-hybridized carbons (Fsp3) is 0.0435. The van der Waals surface area contributed by atoms with Crippen molar-refractivity contribution in [3.05, 3.63) is 95.1 Å². The Kier molecular flexibility index (Phi) is 4.85. The molecule has 1 aliphatic heterocycles. The maximum atomic E-state index is 12.6. The second-order valence-corrected chi connectivity index (χ2v) is 6.45. The molecule has 148 valence electrons. The largest absolute Gasteiger partial charge is 0.465 e. The molecular formula is C23H15NO6. The Labute approximate surface area is 171 Å². The number of fused-ring (bicyclic) bond motifs is 1. The van der Waals surface area contributed by atoms with Gasteiger partial charge >= 0.3 is 11.9 Å². The molecule has 0 atom stereocenters. The molecule has 30 heavy (non-hydrogen) atoms. The van der Waals surface area contributed by atoms with Crippen molar-refractivity contribution in [2.45, 2.75) is 0 Å². The van der Waals surface area contributed by atoms with E-state index in [4.69, 9.17) is 4.74 Å². The van der Waals surface area contributed by atoms with E-state index in [-0.39, 0.29) is 17.0 Å². The predicted octanol–water partition coefficient (Wildman–Crippen LogP) is 3.49. The minimum atomic E-state index is -0.667. The zero-order valence-electron chi connectivity index (χ0n) is 15.8. The molecule has 2 amide bonds. The van der Waals surface area contributed by atoms with Gasteiger partial charge in [-0.15, -0.1) is 0 Å². The van der Waals surface area contributed by atoms with Gasteiger partial charge < -0.3 is 9.47 Å². The molecule has 7 heteroatoms. The third kappa shape index (κ3) is 3.33. The van der Waals surface area contributed by atoms with Gasteiger partial charge in [0.05, 0.1) is 35.1 Å². The molecule has 7 nitrogen and oxygen atoms in total. The SMILES string of the molecule is COC(=O)c1ccc(OC(=O)c2cccc(N3C(=O)c4ccccc4C3=O)c2)cc1. The van der Waals surface area contributed by atoms with E-state index in [0.29, 0.717) is 16.7 Å². The molecule has 3 aromatic carbocycles. The molecule has 0 radical (unpaired) electrons. The van der Waals surface area contributed by atoms with Crippen LogP contribution in [0.2, 0.25) is 0 Å². The molecule has 3 aromatic rings. The standard InChI is InChI=1S/C23H15NO6/c1-29-22(27)14-9-11-17(12-10-14)30-23(28)15-5-4-6-16(13-15)24-20(25)18-7-2-3-8-19(18)21(24)26/h2-13H,1H3. The van der Waals surface area contributed by atoms with Gasteiger partial charge in [-0.1, -0.05) is 18.2 Å². The van der Waals surface area contributed by atoms with Crippen LogP contribution in [0.5, 0.6) is 5.75 Å². The van der Waals surface area contributed by atoms with Crippen LogP contribution in [-0.2, 0) is 4.74 Å². The number of rotatable bonds is 4. The molecule has 0 bridgehead atoms. The summed E-state index contributed by atoms with van der Waals surface area (Å²) in [5, 5.41) is 0. The summed E-state index contributed by atoms with van der Waals surface area (Å²) >= 11 is 0. The Morgan fingerprint density at radius 1 is 0.733 bits per heavy atom. The van der Waals surface area contributed by atoms with Crippen LogP contribution in [0.3, 0.4) is 0 Å². The zero-order valence-corrected chi connectivity index (χ0v) is 15.8. The molecule has 4 rings (SSSR count). The van der Waals surface area contributed by atoms with Gasteiger partial charge in [0.25, 0.3) is 11.8 Å². The lowest BCUT2D eigenvalue weighted by Gasteiger charge is -2.14. The number of imide groups is 1. The number of nitrogens with zero attached hydrogens (tertiary/aromatic N) is 1. The number of carbonyl (C=O) groups is 4. The highest BCUT2D eigenvalue weighted by Crippen LogP contribution is 2.29. The topological polar surface area (TPSA) is 90.0 Å². The molecule has 0 aromatic heterocycles. The van der Waals surface area contributed by atoms with Crippen molar-refractivity contribution in [3.63, 3.8) is 0 Å². The van der Waals surface area contributed by atoms with Gasteiger partial charge in [0.2, 0.25) is 0 Å². The average Bonchev–Trinajstić information content (AvgIpc) is 3.04. The maximum absolute atomic E-state index is 12.6. The highest BCUT2D eigenvalue weighted by molar-refractivity contribution is 6.34. The van der Waals surface area contributed by atoms with Crippen LogP contribution in [0.25, 0.3) is 0 Å². The number of amides is 2. The summed E-state index contributed by atoms with van der Waals surface area (Å²) in [6.07, 6.45) is 0. The number of esters is 2. The Balaban J connectivity index is 1.55. The van der Waals surface area contributed by atoms with E-state index >= 15 is 0 Å². The number of methoxy groups -OCH3 is 1. The summed E-state index contributed by atoms with van der Waals surface area (Å²) in [4.78, 5) is 50.3. The third-order valence-corrected chi connectivity index (χ3v) is 4.62. The normalized spacial score (nSPS) is 12.5. The van der Waals surface area contributed by atoms with Gasteiger partial charge in [0, 0.05) is 0 Å². The minimum absolute atomic E-state index is 0.168. The highest BCUT2D eigenvalue weighted by Gasteiger charge is 2.36. The third-order valence-electron chi connectivity index (χ3n) is 4.62. The van der Waals surface area contributed by atoms with Crippen LogP contribution >= 0.6 is 0 Å². The quantitative estimate of drug-likeness (QED) is 0.378. The van der Waals surface area contributed by atoms with Crippen LogP contribution in [0, 0.1) is 0 Å². The molecule has 0 saturated heterocycles. The van der Waals surface area contributed by atoms with E-state index in [9.17, 15) is 19.2 Å². The van der Waals surface area contributed by atoms with Crippen molar-refractivity contribution in [3.8, 4) is 5.75 Å². The van der Waals surface area contributed by atoms with Gasteiger partial charge in [-0.25, -0.2) is 14.5 Å². The Hall–Kier alpha value is -4.26. The van der Waals surface area contributed by atoms with Crippen molar-refractivity contribution < 1.29 is 28.7 Å². The van der Waals surface area contributed by atoms with E-state index in [1.165, 1.54) is 43.5 Å². The van der Waals surface area contributed by atoms with Gasteiger partial charge in [0.1, 0.15) is 5.75 Å². The molecule has 0 fully saturated rings. The molecule has 0 saturated carbocycles. The fourth-order valence-electron chi connectivity index (χ4n) is 3.14. The monoisotopic (exact) mass is 401 g/mol. The summed E-state index contributed by atoms with van der Waals surface area (Å²) in [7, 11) is 1.28. The number of carbonyl (C=O) groups excluding carboxylic acids is 4. The van der Waals surface area contributed by atoms with Crippen LogP contribution in [0.4, 0.5) is 5.69 Å². The van der Waals surface area contributed by atoms with Crippen molar-refractivity contribution in [1.29, 1.82) is 0 Å².